The van der Waals surface area contributed by atoms with Crippen molar-refractivity contribution in [1.29, 1.82) is 0 Å². The summed E-state index contributed by atoms with van der Waals surface area (Å²) in [5, 5.41) is 4.46. The van der Waals surface area contributed by atoms with E-state index in [1.807, 2.05) is 18.2 Å². The van der Waals surface area contributed by atoms with Gasteiger partial charge in [0.2, 0.25) is 0 Å². The molecule has 1 aliphatic carbocycles. The second-order valence-electron chi connectivity index (χ2n) is 4.97. The zero-order valence-electron chi connectivity index (χ0n) is 9.88. The highest BCUT2D eigenvalue weighted by Crippen LogP contribution is 2.23. The molecule has 1 nitrogen and oxygen atoms in total. The molecule has 2 rings (SSSR count). The van der Waals surface area contributed by atoms with E-state index >= 15 is 0 Å². The largest absolute Gasteiger partial charge is 0.310 e. The Morgan fingerprint density at radius 2 is 2.00 bits per heavy atom. The van der Waals surface area contributed by atoms with Crippen LogP contribution in [-0.4, -0.2) is 6.04 Å². The van der Waals surface area contributed by atoms with E-state index in [4.69, 9.17) is 11.6 Å². The van der Waals surface area contributed by atoms with Crippen LogP contribution in [0, 0.1) is 5.92 Å². The topological polar surface area (TPSA) is 12.0 Å². The van der Waals surface area contributed by atoms with Crippen LogP contribution in [0.4, 0.5) is 0 Å². The molecule has 1 fully saturated rings. The third-order valence-corrected chi connectivity index (χ3v) is 3.73. The number of hydrogen-bond donors (Lipinski definition) is 1. The lowest BCUT2D eigenvalue weighted by Crippen LogP contribution is -2.32. The molecule has 0 aliphatic heterocycles. The van der Waals surface area contributed by atoms with Crippen LogP contribution in [0.25, 0.3) is 0 Å². The van der Waals surface area contributed by atoms with Crippen molar-refractivity contribution in [2.45, 2.75) is 45.2 Å². The molecule has 0 radical (unpaired) electrons. The number of hydrogen-bond acceptors (Lipinski definition) is 1. The first-order valence-electron chi connectivity index (χ1n) is 6.22. The summed E-state index contributed by atoms with van der Waals surface area (Å²) in [5.41, 5.74) is 1.28. The lowest BCUT2D eigenvalue weighted by molar-refractivity contribution is 0.306. The molecule has 1 aromatic rings. The fraction of sp³-hybridized carbons (Fsp3) is 0.571. The van der Waals surface area contributed by atoms with Crippen molar-refractivity contribution in [3.05, 3.63) is 34.9 Å². The molecule has 1 aromatic carbocycles. The monoisotopic (exact) mass is 237 g/mol. The van der Waals surface area contributed by atoms with Crippen LogP contribution < -0.4 is 5.32 Å². The van der Waals surface area contributed by atoms with Crippen LogP contribution in [0.15, 0.2) is 24.3 Å². The van der Waals surface area contributed by atoms with E-state index < -0.39 is 0 Å². The minimum atomic E-state index is 0.704. The molecule has 0 atom stereocenters. The Morgan fingerprint density at radius 1 is 1.25 bits per heavy atom. The van der Waals surface area contributed by atoms with Gasteiger partial charge in [0.05, 0.1) is 0 Å². The van der Waals surface area contributed by atoms with Gasteiger partial charge < -0.3 is 5.32 Å². The van der Waals surface area contributed by atoms with Crippen molar-refractivity contribution >= 4 is 11.6 Å². The summed E-state index contributed by atoms with van der Waals surface area (Å²) in [5.74, 6) is 0.921. The molecule has 0 spiro atoms. The number of halogens is 1. The summed E-state index contributed by atoms with van der Waals surface area (Å²) >= 11 is 5.96. The second kappa shape index (κ2) is 5.70. The molecular weight excluding hydrogens is 218 g/mol. The van der Waals surface area contributed by atoms with E-state index in [1.165, 1.54) is 31.2 Å². The number of rotatable bonds is 3. The van der Waals surface area contributed by atoms with Gasteiger partial charge in [-0.1, -0.05) is 30.7 Å². The van der Waals surface area contributed by atoms with Gasteiger partial charge in [0, 0.05) is 17.6 Å². The highest BCUT2D eigenvalue weighted by Gasteiger charge is 2.17. The molecule has 16 heavy (non-hydrogen) atoms. The Morgan fingerprint density at radius 3 is 2.69 bits per heavy atom. The molecule has 0 saturated heterocycles. The van der Waals surface area contributed by atoms with Crippen LogP contribution in [0.5, 0.6) is 0 Å². The summed E-state index contributed by atoms with van der Waals surface area (Å²) in [7, 11) is 0. The van der Waals surface area contributed by atoms with Crippen LogP contribution in [0.2, 0.25) is 5.02 Å². The van der Waals surface area contributed by atoms with E-state index in [2.05, 4.69) is 18.3 Å². The average molecular weight is 238 g/mol. The van der Waals surface area contributed by atoms with E-state index in [9.17, 15) is 0 Å². The first-order valence-corrected chi connectivity index (χ1v) is 6.59. The van der Waals surface area contributed by atoms with Crippen molar-refractivity contribution in [1.82, 2.24) is 5.32 Å². The summed E-state index contributed by atoms with van der Waals surface area (Å²) in [6.07, 6.45) is 5.38. The Hall–Kier alpha value is -0.530. The molecule has 1 saturated carbocycles. The van der Waals surface area contributed by atoms with Crippen LogP contribution in [-0.2, 0) is 6.54 Å². The van der Waals surface area contributed by atoms with Gasteiger partial charge in [-0.05, 0) is 49.3 Å². The zero-order chi connectivity index (χ0) is 11.4. The van der Waals surface area contributed by atoms with Gasteiger partial charge in [-0.2, -0.15) is 0 Å². The maximum absolute atomic E-state index is 5.96. The van der Waals surface area contributed by atoms with Gasteiger partial charge in [0.25, 0.3) is 0 Å². The average Bonchev–Trinajstić information content (AvgIpc) is 2.28. The van der Waals surface area contributed by atoms with Gasteiger partial charge in [-0.15, -0.1) is 0 Å². The molecular formula is C14H20ClN. The molecule has 1 aliphatic rings. The highest BCUT2D eigenvalue weighted by atomic mass is 35.5. The van der Waals surface area contributed by atoms with Crippen molar-refractivity contribution in [2.24, 2.45) is 5.92 Å². The standard InChI is InChI=1S/C14H20ClN/c1-11-5-7-14(8-6-11)16-10-12-3-2-4-13(15)9-12/h2-4,9,11,14,16H,5-8,10H2,1H3. The minimum Gasteiger partial charge on any atom is -0.310 e. The van der Waals surface area contributed by atoms with Crippen molar-refractivity contribution in [2.75, 3.05) is 0 Å². The van der Waals surface area contributed by atoms with Gasteiger partial charge in [0.1, 0.15) is 0 Å². The Kier molecular flexibility index (Phi) is 4.25. The predicted molar refractivity (Wildman–Crippen MR) is 69.7 cm³/mol. The summed E-state index contributed by atoms with van der Waals surface area (Å²) in [6.45, 7) is 3.30. The maximum atomic E-state index is 5.96. The van der Waals surface area contributed by atoms with E-state index in [-0.39, 0.29) is 0 Å². The summed E-state index contributed by atoms with van der Waals surface area (Å²) < 4.78 is 0. The molecule has 0 unspecified atom stereocenters. The quantitative estimate of drug-likeness (QED) is 0.838. The fourth-order valence-corrected chi connectivity index (χ4v) is 2.59. The number of nitrogens with one attached hydrogen (secondary N) is 1. The second-order valence-corrected chi connectivity index (χ2v) is 5.40. The first-order chi connectivity index (χ1) is 7.74. The maximum Gasteiger partial charge on any atom is 0.0409 e. The lowest BCUT2D eigenvalue weighted by Gasteiger charge is -2.27. The molecule has 0 bridgehead atoms. The highest BCUT2D eigenvalue weighted by molar-refractivity contribution is 6.30. The van der Waals surface area contributed by atoms with Crippen LogP contribution in [0.1, 0.15) is 38.2 Å². The molecule has 2 heteroatoms. The van der Waals surface area contributed by atoms with Crippen molar-refractivity contribution in [3.63, 3.8) is 0 Å². The van der Waals surface area contributed by atoms with Crippen LogP contribution in [0.3, 0.4) is 0 Å². The summed E-state index contributed by atoms with van der Waals surface area (Å²) in [4.78, 5) is 0. The smallest absolute Gasteiger partial charge is 0.0409 e. The Bertz CT molecular complexity index is 329. The van der Waals surface area contributed by atoms with Crippen LogP contribution >= 0.6 is 11.6 Å². The van der Waals surface area contributed by atoms with Gasteiger partial charge in [-0.25, -0.2) is 0 Å². The zero-order valence-corrected chi connectivity index (χ0v) is 10.6. The third kappa shape index (κ3) is 3.50. The molecule has 0 amide bonds. The predicted octanol–water partition coefficient (Wildman–Crippen LogP) is 4.01. The Balaban J connectivity index is 1.79. The first kappa shape index (κ1) is 11.9. The van der Waals surface area contributed by atoms with Gasteiger partial charge in [-0.3, -0.25) is 0 Å². The molecule has 88 valence electrons. The Labute approximate surface area is 103 Å². The van der Waals surface area contributed by atoms with Gasteiger partial charge >= 0.3 is 0 Å². The van der Waals surface area contributed by atoms with E-state index in [0.29, 0.717) is 6.04 Å². The van der Waals surface area contributed by atoms with Gasteiger partial charge in [0.15, 0.2) is 0 Å². The number of benzene rings is 1. The molecule has 1 N–H and O–H groups in total. The normalized spacial score (nSPS) is 25.6. The van der Waals surface area contributed by atoms with Crippen molar-refractivity contribution < 1.29 is 0 Å². The third-order valence-electron chi connectivity index (χ3n) is 3.50. The van der Waals surface area contributed by atoms with Crippen molar-refractivity contribution in [3.8, 4) is 0 Å². The van der Waals surface area contributed by atoms with E-state index in [0.717, 1.165) is 17.5 Å². The summed E-state index contributed by atoms with van der Waals surface area (Å²) in [6, 6.07) is 8.81. The molecule has 0 heterocycles. The molecule has 0 aromatic heterocycles. The fourth-order valence-electron chi connectivity index (χ4n) is 2.37. The lowest BCUT2D eigenvalue weighted by atomic mass is 9.87. The minimum absolute atomic E-state index is 0.704. The SMILES string of the molecule is CC1CCC(NCc2cccc(Cl)c2)CC1. The van der Waals surface area contributed by atoms with E-state index in [1.54, 1.807) is 0 Å².